The van der Waals surface area contributed by atoms with Crippen LogP contribution in [0, 0.1) is 0 Å². The molecule has 0 amide bonds. The highest BCUT2D eigenvalue weighted by Gasteiger charge is 2.15. The summed E-state index contributed by atoms with van der Waals surface area (Å²) in [4.78, 5) is 13.3. The number of carboxylic acids is 1. The van der Waals surface area contributed by atoms with Gasteiger partial charge in [-0.1, -0.05) is 15.9 Å². The summed E-state index contributed by atoms with van der Waals surface area (Å²) in [7, 11) is 0. The topological polar surface area (TPSA) is 73.3 Å². The molecule has 3 N–H and O–H groups in total. The zero-order valence-electron chi connectivity index (χ0n) is 6.91. The number of aromatic amines is 1. The summed E-state index contributed by atoms with van der Waals surface area (Å²) < 4.78 is 0.822. The van der Waals surface area contributed by atoms with Gasteiger partial charge in [0.1, 0.15) is 0 Å². The molecule has 0 aliphatic rings. The van der Waals surface area contributed by atoms with E-state index < -0.39 is 5.97 Å². The number of benzene rings is 1. The van der Waals surface area contributed by atoms with E-state index in [-0.39, 0.29) is 11.4 Å². The van der Waals surface area contributed by atoms with Gasteiger partial charge in [0.05, 0.1) is 5.52 Å². The van der Waals surface area contributed by atoms with Gasteiger partial charge in [-0.25, -0.2) is 4.79 Å². The van der Waals surface area contributed by atoms with Gasteiger partial charge in [0.25, 0.3) is 0 Å². The first-order chi connectivity index (χ1) is 6.59. The molecule has 4 nitrogen and oxygen atoms in total. The molecular formula is C9H6BrNO3. The maximum atomic E-state index is 10.7. The summed E-state index contributed by atoms with van der Waals surface area (Å²) in [6.07, 6.45) is 0. The average Bonchev–Trinajstić information content (AvgIpc) is 2.43. The Morgan fingerprint density at radius 3 is 2.79 bits per heavy atom. The lowest BCUT2D eigenvalue weighted by Gasteiger charge is -1.90. The van der Waals surface area contributed by atoms with Gasteiger partial charge < -0.3 is 15.2 Å². The minimum absolute atomic E-state index is 0.182. The van der Waals surface area contributed by atoms with E-state index in [9.17, 15) is 9.90 Å². The number of carboxylic acid groups (broad SMARTS) is 1. The molecule has 5 heteroatoms. The van der Waals surface area contributed by atoms with Crippen molar-refractivity contribution < 1.29 is 15.0 Å². The predicted octanol–water partition coefficient (Wildman–Crippen LogP) is 2.33. The third-order valence-electron chi connectivity index (χ3n) is 1.95. The monoisotopic (exact) mass is 255 g/mol. The molecule has 0 aliphatic heterocycles. The fourth-order valence-corrected chi connectivity index (χ4v) is 1.67. The summed E-state index contributed by atoms with van der Waals surface area (Å²) in [5, 5.41) is 18.8. The first-order valence-electron chi connectivity index (χ1n) is 3.83. The van der Waals surface area contributed by atoms with Crippen LogP contribution in [0.15, 0.2) is 22.7 Å². The van der Waals surface area contributed by atoms with E-state index >= 15 is 0 Å². The van der Waals surface area contributed by atoms with Crippen LogP contribution in [0.5, 0.6) is 5.75 Å². The van der Waals surface area contributed by atoms with Crippen molar-refractivity contribution in [3.63, 3.8) is 0 Å². The van der Waals surface area contributed by atoms with Gasteiger partial charge >= 0.3 is 5.97 Å². The Bertz CT molecular complexity index is 518. The summed E-state index contributed by atoms with van der Waals surface area (Å²) in [6.45, 7) is 0. The third kappa shape index (κ3) is 1.26. The summed E-state index contributed by atoms with van der Waals surface area (Å²) >= 11 is 3.25. The second kappa shape index (κ2) is 3.02. The predicted molar refractivity (Wildman–Crippen MR) is 54.6 cm³/mol. The maximum absolute atomic E-state index is 10.7. The Labute approximate surface area is 87.3 Å². The molecule has 0 atom stereocenters. The van der Waals surface area contributed by atoms with E-state index in [0.29, 0.717) is 10.9 Å². The van der Waals surface area contributed by atoms with Crippen molar-refractivity contribution in [2.24, 2.45) is 0 Å². The van der Waals surface area contributed by atoms with Crippen LogP contribution in [0.4, 0.5) is 0 Å². The minimum Gasteiger partial charge on any atom is -0.505 e. The number of hydrogen-bond donors (Lipinski definition) is 3. The fraction of sp³-hybridized carbons (Fsp3) is 0. The Hall–Kier alpha value is -1.49. The van der Waals surface area contributed by atoms with Gasteiger partial charge in [-0.3, -0.25) is 0 Å². The van der Waals surface area contributed by atoms with E-state index in [1.165, 1.54) is 0 Å². The number of aromatic nitrogens is 1. The van der Waals surface area contributed by atoms with Crippen LogP contribution >= 0.6 is 15.9 Å². The zero-order valence-corrected chi connectivity index (χ0v) is 8.50. The first kappa shape index (κ1) is 9.08. The normalized spacial score (nSPS) is 10.6. The number of rotatable bonds is 1. The first-order valence-corrected chi connectivity index (χ1v) is 4.62. The van der Waals surface area contributed by atoms with E-state index in [4.69, 9.17) is 5.11 Å². The molecule has 0 spiro atoms. The standard InChI is InChI=1S/C9H6BrNO3/c10-4-1-2-5-6(3-4)11-7(8(5)12)9(13)14/h1-3,11-12H,(H,13,14). The van der Waals surface area contributed by atoms with E-state index in [2.05, 4.69) is 20.9 Å². The highest BCUT2D eigenvalue weighted by molar-refractivity contribution is 9.10. The number of H-pyrrole nitrogens is 1. The van der Waals surface area contributed by atoms with Crippen LogP contribution < -0.4 is 0 Å². The lowest BCUT2D eigenvalue weighted by molar-refractivity contribution is 0.0688. The molecule has 0 fully saturated rings. The van der Waals surface area contributed by atoms with Gasteiger partial charge in [0, 0.05) is 9.86 Å². The smallest absolute Gasteiger partial charge is 0.356 e. The molecule has 0 radical (unpaired) electrons. The average molecular weight is 256 g/mol. The highest BCUT2D eigenvalue weighted by atomic mass is 79.9. The van der Waals surface area contributed by atoms with Crippen molar-refractivity contribution in [3.05, 3.63) is 28.4 Å². The molecule has 0 bridgehead atoms. The molecule has 1 aromatic carbocycles. The number of carbonyl (C=O) groups is 1. The second-order valence-electron chi connectivity index (χ2n) is 2.84. The second-order valence-corrected chi connectivity index (χ2v) is 3.76. The molecule has 14 heavy (non-hydrogen) atoms. The molecule has 0 unspecified atom stereocenters. The number of fused-ring (bicyclic) bond motifs is 1. The Morgan fingerprint density at radius 2 is 2.14 bits per heavy atom. The van der Waals surface area contributed by atoms with Gasteiger partial charge in [0.2, 0.25) is 0 Å². The maximum Gasteiger partial charge on any atom is 0.356 e. The van der Waals surface area contributed by atoms with Crippen LogP contribution in [0.25, 0.3) is 10.9 Å². The van der Waals surface area contributed by atoms with Gasteiger partial charge in [0.15, 0.2) is 11.4 Å². The fourth-order valence-electron chi connectivity index (χ4n) is 1.31. The van der Waals surface area contributed by atoms with Gasteiger partial charge in [-0.2, -0.15) is 0 Å². The third-order valence-corrected chi connectivity index (χ3v) is 2.44. The molecular weight excluding hydrogens is 250 g/mol. The summed E-state index contributed by atoms with van der Waals surface area (Å²) in [6, 6.07) is 5.10. The van der Waals surface area contributed by atoms with E-state index in [1.807, 2.05) is 0 Å². The number of nitrogens with one attached hydrogen (secondary N) is 1. The van der Waals surface area contributed by atoms with Crippen molar-refractivity contribution in [3.8, 4) is 5.75 Å². The zero-order chi connectivity index (χ0) is 10.3. The lowest BCUT2D eigenvalue weighted by Crippen LogP contribution is -1.95. The Morgan fingerprint density at radius 1 is 1.43 bits per heavy atom. The van der Waals surface area contributed by atoms with E-state index in [1.54, 1.807) is 18.2 Å². The molecule has 1 aromatic heterocycles. The van der Waals surface area contributed by atoms with Crippen molar-refractivity contribution in [1.82, 2.24) is 4.98 Å². The summed E-state index contributed by atoms with van der Waals surface area (Å²) in [5.41, 5.74) is 0.410. The van der Waals surface area contributed by atoms with Crippen molar-refractivity contribution in [2.75, 3.05) is 0 Å². The van der Waals surface area contributed by atoms with E-state index in [0.717, 1.165) is 4.47 Å². The van der Waals surface area contributed by atoms with Crippen LogP contribution in [0.3, 0.4) is 0 Å². The SMILES string of the molecule is O=C(O)c1[nH]c2cc(Br)ccc2c1O. The molecule has 0 aliphatic carbocycles. The number of aromatic carboxylic acids is 1. The minimum atomic E-state index is -1.17. The van der Waals surface area contributed by atoms with Gasteiger partial charge in [-0.15, -0.1) is 0 Å². The molecule has 1 heterocycles. The van der Waals surface area contributed by atoms with Gasteiger partial charge in [-0.05, 0) is 18.2 Å². The number of hydrogen-bond acceptors (Lipinski definition) is 2. The van der Waals surface area contributed by atoms with Crippen LogP contribution in [0.2, 0.25) is 0 Å². The Kier molecular flexibility index (Phi) is 1.96. The lowest BCUT2D eigenvalue weighted by atomic mass is 10.2. The quantitative estimate of drug-likeness (QED) is 0.733. The van der Waals surface area contributed by atoms with Crippen molar-refractivity contribution >= 4 is 32.8 Å². The molecule has 2 aromatic rings. The van der Waals surface area contributed by atoms with Crippen molar-refractivity contribution in [2.45, 2.75) is 0 Å². The van der Waals surface area contributed by atoms with Crippen LogP contribution in [-0.4, -0.2) is 21.2 Å². The molecule has 0 saturated heterocycles. The van der Waals surface area contributed by atoms with Crippen LogP contribution in [-0.2, 0) is 0 Å². The van der Waals surface area contributed by atoms with Crippen molar-refractivity contribution in [1.29, 1.82) is 0 Å². The van der Waals surface area contributed by atoms with Crippen LogP contribution in [0.1, 0.15) is 10.5 Å². The number of halogens is 1. The largest absolute Gasteiger partial charge is 0.505 e. The molecule has 0 saturated carbocycles. The Balaban J connectivity index is 2.79. The molecule has 72 valence electrons. The molecule has 2 rings (SSSR count). The number of aromatic hydroxyl groups is 1. The summed E-state index contributed by atoms with van der Waals surface area (Å²) in [5.74, 6) is -1.39. The highest BCUT2D eigenvalue weighted by Crippen LogP contribution is 2.30.